The van der Waals surface area contributed by atoms with Crippen LogP contribution in [0.2, 0.25) is 0 Å². The summed E-state index contributed by atoms with van der Waals surface area (Å²) in [5.74, 6) is -0.199. The first kappa shape index (κ1) is 13.8. The number of nitrogens with zero attached hydrogens (tertiary/aromatic N) is 3. The van der Waals surface area contributed by atoms with Crippen molar-refractivity contribution >= 4 is 22.5 Å². The Morgan fingerprint density at radius 3 is 2.77 bits per heavy atom. The first-order chi connectivity index (χ1) is 10.7. The van der Waals surface area contributed by atoms with Crippen molar-refractivity contribution in [2.24, 2.45) is 0 Å². The fourth-order valence-corrected chi connectivity index (χ4v) is 2.43. The van der Waals surface area contributed by atoms with Gasteiger partial charge in [0, 0.05) is 47.3 Å². The van der Waals surface area contributed by atoms with Crippen LogP contribution in [0.25, 0.3) is 10.9 Å². The van der Waals surface area contributed by atoms with Gasteiger partial charge in [0.05, 0.1) is 5.56 Å². The Morgan fingerprint density at radius 1 is 1.32 bits per heavy atom. The molecule has 0 aliphatic rings. The maximum absolute atomic E-state index is 12.2. The van der Waals surface area contributed by atoms with Crippen LogP contribution in [0.3, 0.4) is 0 Å². The second-order valence-electron chi connectivity index (χ2n) is 4.86. The fraction of sp³-hybridized carbons (Fsp3) is 0.118. The van der Waals surface area contributed by atoms with Gasteiger partial charge in [-0.2, -0.15) is 5.26 Å². The van der Waals surface area contributed by atoms with Crippen LogP contribution in [0, 0.1) is 11.3 Å². The molecule has 22 heavy (non-hydrogen) atoms. The zero-order chi connectivity index (χ0) is 15.5. The molecule has 3 aromatic rings. The molecule has 0 bridgehead atoms. The van der Waals surface area contributed by atoms with Crippen molar-refractivity contribution in [1.82, 2.24) is 9.55 Å². The lowest BCUT2D eigenvalue weighted by Gasteiger charge is -2.06. The van der Waals surface area contributed by atoms with Crippen LogP contribution < -0.4 is 5.32 Å². The number of rotatable bonds is 3. The van der Waals surface area contributed by atoms with Crippen molar-refractivity contribution in [3.63, 3.8) is 0 Å². The highest BCUT2D eigenvalue weighted by Crippen LogP contribution is 2.25. The quantitative estimate of drug-likeness (QED) is 0.805. The van der Waals surface area contributed by atoms with Crippen LogP contribution in [-0.4, -0.2) is 15.5 Å². The molecule has 0 saturated heterocycles. The molecule has 1 N–H and O–H groups in total. The monoisotopic (exact) mass is 290 g/mol. The summed E-state index contributed by atoms with van der Waals surface area (Å²) in [6.07, 6.45) is 4.99. The maximum atomic E-state index is 12.2. The summed E-state index contributed by atoms with van der Waals surface area (Å²) >= 11 is 0. The number of carbonyl (C=O) groups is 1. The molecule has 5 nitrogen and oxygen atoms in total. The van der Waals surface area contributed by atoms with E-state index in [0.29, 0.717) is 16.8 Å². The molecule has 1 amide bonds. The molecular weight excluding hydrogens is 276 g/mol. The number of aryl methyl sites for hydroxylation is 1. The highest BCUT2D eigenvalue weighted by molar-refractivity contribution is 6.05. The summed E-state index contributed by atoms with van der Waals surface area (Å²) in [6.45, 7) is 2.82. The summed E-state index contributed by atoms with van der Waals surface area (Å²) in [7, 11) is 0. The van der Waals surface area contributed by atoms with E-state index in [2.05, 4.69) is 16.4 Å². The van der Waals surface area contributed by atoms with E-state index in [4.69, 9.17) is 0 Å². The van der Waals surface area contributed by atoms with E-state index < -0.39 is 0 Å². The second-order valence-corrected chi connectivity index (χ2v) is 4.86. The molecular formula is C17H14N4O. The standard InChI is InChI=1S/C17H14N4O/c1-2-21-11-13(10-18)15-9-14(3-4-16(15)21)20-17(22)12-5-7-19-8-6-12/h3-9,11H,2H2,1H3,(H,20,22). The highest BCUT2D eigenvalue weighted by atomic mass is 16.1. The van der Waals surface area contributed by atoms with Crippen LogP contribution in [0.1, 0.15) is 22.8 Å². The van der Waals surface area contributed by atoms with Gasteiger partial charge >= 0.3 is 0 Å². The number of pyridine rings is 1. The lowest BCUT2D eigenvalue weighted by atomic mass is 10.1. The van der Waals surface area contributed by atoms with Crippen molar-refractivity contribution in [2.45, 2.75) is 13.5 Å². The van der Waals surface area contributed by atoms with Crippen molar-refractivity contribution in [3.8, 4) is 6.07 Å². The van der Waals surface area contributed by atoms with Crippen LogP contribution in [0.5, 0.6) is 0 Å². The van der Waals surface area contributed by atoms with E-state index in [1.165, 1.54) is 0 Å². The molecule has 0 atom stereocenters. The van der Waals surface area contributed by atoms with Crippen molar-refractivity contribution in [2.75, 3.05) is 5.32 Å². The number of nitrogens with one attached hydrogen (secondary N) is 1. The summed E-state index contributed by atoms with van der Waals surface area (Å²) < 4.78 is 2.02. The summed E-state index contributed by atoms with van der Waals surface area (Å²) in [5.41, 5.74) is 2.80. The van der Waals surface area contributed by atoms with E-state index in [1.54, 1.807) is 24.5 Å². The highest BCUT2D eigenvalue weighted by Gasteiger charge is 2.10. The number of amides is 1. The van der Waals surface area contributed by atoms with E-state index in [1.807, 2.05) is 35.9 Å². The van der Waals surface area contributed by atoms with Gasteiger partial charge in [0.25, 0.3) is 5.91 Å². The van der Waals surface area contributed by atoms with Crippen LogP contribution in [-0.2, 0) is 6.54 Å². The molecule has 0 aliphatic heterocycles. The van der Waals surface area contributed by atoms with Gasteiger partial charge in [0.2, 0.25) is 0 Å². The number of carbonyl (C=O) groups excluding carboxylic acids is 1. The van der Waals surface area contributed by atoms with Gasteiger partial charge in [-0.05, 0) is 37.3 Å². The molecule has 1 aromatic carbocycles. The normalized spacial score (nSPS) is 10.4. The molecule has 2 aromatic heterocycles. The molecule has 108 valence electrons. The van der Waals surface area contributed by atoms with Gasteiger partial charge < -0.3 is 9.88 Å². The number of fused-ring (bicyclic) bond motifs is 1. The number of hydrogen-bond acceptors (Lipinski definition) is 3. The first-order valence-electron chi connectivity index (χ1n) is 6.97. The Balaban J connectivity index is 1.96. The Labute approximate surface area is 127 Å². The zero-order valence-corrected chi connectivity index (χ0v) is 12.1. The average molecular weight is 290 g/mol. The minimum atomic E-state index is -0.199. The molecule has 0 radical (unpaired) electrons. The smallest absolute Gasteiger partial charge is 0.255 e. The van der Waals surface area contributed by atoms with Gasteiger partial charge in [-0.3, -0.25) is 9.78 Å². The Morgan fingerprint density at radius 2 is 2.09 bits per heavy atom. The molecule has 3 rings (SSSR count). The average Bonchev–Trinajstić information content (AvgIpc) is 2.93. The summed E-state index contributed by atoms with van der Waals surface area (Å²) in [6, 6.07) is 11.1. The Bertz CT molecular complexity index is 875. The summed E-state index contributed by atoms with van der Waals surface area (Å²) in [5, 5.41) is 12.9. The predicted octanol–water partition coefficient (Wildman–Crippen LogP) is 3.18. The molecule has 0 aliphatic carbocycles. The van der Waals surface area contributed by atoms with E-state index in [-0.39, 0.29) is 5.91 Å². The van der Waals surface area contributed by atoms with Gasteiger partial charge in [-0.25, -0.2) is 0 Å². The lowest BCUT2D eigenvalue weighted by molar-refractivity contribution is 0.102. The number of nitriles is 1. The largest absolute Gasteiger partial charge is 0.346 e. The van der Waals surface area contributed by atoms with Crippen LogP contribution in [0.4, 0.5) is 5.69 Å². The summed E-state index contributed by atoms with van der Waals surface area (Å²) in [4.78, 5) is 16.0. The van der Waals surface area contributed by atoms with Gasteiger partial charge in [-0.1, -0.05) is 0 Å². The lowest BCUT2D eigenvalue weighted by Crippen LogP contribution is -2.11. The van der Waals surface area contributed by atoms with E-state index >= 15 is 0 Å². The molecule has 0 unspecified atom stereocenters. The number of benzene rings is 1. The second kappa shape index (κ2) is 5.70. The predicted molar refractivity (Wildman–Crippen MR) is 84.5 cm³/mol. The molecule has 0 saturated carbocycles. The third kappa shape index (κ3) is 2.42. The molecule has 0 fully saturated rings. The SMILES string of the molecule is CCn1cc(C#N)c2cc(NC(=O)c3ccncc3)ccc21. The fourth-order valence-electron chi connectivity index (χ4n) is 2.43. The van der Waals surface area contributed by atoms with Crippen molar-refractivity contribution < 1.29 is 4.79 Å². The molecule has 0 spiro atoms. The topological polar surface area (TPSA) is 70.7 Å². The Hall–Kier alpha value is -3.13. The minimum absolute atomic E-state index is 0.199. The first-order valence-corrected chi connectivity index (χ1v) is 6.97. The van der Waals surface area contributed by atoms with Crippen molar-refractivity contribution in [3.05, 3.63) is 60.0 Å². The van der Waals surface area contributed by atoms with Crippen LogP contribution in [0.15, 0.2) is 48.9 Å². The third-order valence-electron chi connectivity index (χ3n) is 3.54. The molecule has 2 heterocycles. The number of anilines is 1. The van der Waals surface area contributed by atoms with Crippen molar-refractivity contribution in [1.29, 1.82) is 5.26 Å². The van der Waals surface area contributed by atoms with Crippen LogP contribution >= 0.6 is 0 Å². The van der Waals surface area contributed by atoms with Gasteiger partial charge in [-0.15, -0.1) is 0 Å². The zero-order valence-electron chi connectivity index (χ0n) is 12.1. The minimum Gasteiger partial charge on any atom is -0.346 e. The Kier molecular flexibility index (Phi) is 3.58. The number of hydrogen-bond donors (Lipinski definition) is 1. The van der Waals surface area contributed by atoms with E-state index in [9.17, 15) is 10.1 Å². The van der Waals surface area contributed by atoms with Gasteiger partial charge in [0.1, 0.15) is 6.07 Å². The molecule has 5 heteroatoms. The maximum Gasteiger partial charge on any atom is 0.255 e. The van der Waals surface area contributed by atoms with E-state index in [0.717, 1.165) is 17.4 Å². The number of aromatic nitrogens is 2. The third-order valence-corrected chi connectivity index (χ3v) is 3.54. The van der Waals surface area contributed by atoms with Gasteiger partial charge in [0.15, 0.2) is 0 Å².